The van der Waals surface area contributed by atoms with Gasteiger partial charge in [-0.1, -0.05) is 0 Å². The van der Waals surface area contributed by atoms with Crippen LogP contribution in [-0.4, -0.2) is 25.0 Å². The summed E-state index contributed by atoms with van der Waals surface area (Å²) >= 11 is 0. The highest BCUT2D eigenvalue weighted by atomic mass is 19.1. The van der Waals surface area contributed by atoms with Gasteiger partial charge in [0.05, 0.1) is 5.83 Å². The molecule has 1 aliphatic rings. The highest BCUT2D eigenvalue weighted by Gasteiger charge is 2.11. The molecule has 1 aliphatic heterocycles. The van der Waals surface area contributed by atoms with Gasteiger partial charge in [-0.15, -0.1) is 0 Å². The van der Waals surface area contributed by atoms with Crippen LogP contribution in [0.1, 0.15) is 19.8 Å². The monoisotopic (exact) mass is 143 g/mol. The molecule has 1 saturated heterocycles. The summed E-state index contributed by atoms with van der Waals surface area (Å²) in [5.74, 6) is 0.0353. The molecule has 0 saturated carbocycles. The van der Waals surface area contributed by atoms with E-state index in [-0.39, 0.29) is 5.83 Å². The first-order chi connectivity index (χ1) is 4.70. The lowest BCUT2D eigenvalue weighted by molar-refractivity contribution is 0.308. The van der Waals surface area contributed by atoms with Crippen LogP contribution in [0.15, 0.2) is 11.4 Å². The van der Waals surface area contributed by atoms with Crippen LogP contribution in [0.5, 0.6) is 0 Å². The highest BCUT2D eigenvalue weighted by molar-refractivity contribution is 5.08. The lowest BCUT2D eigenvalue weighted by atomic mass is 10.0. The average Bonchev–Trinajstić information content (AvgIpc) is 1.88. The molecular formula is C8H14FN. The number of halogens is 1. The first kappa shape index (κ1) is 7.73. The van der Waals surface area contributed by atoms with Crippen molar-refractivity contribution in [3.63, 3.8) is 0 Å². The Labute approximate surface area is 61.5 Å². The Morgan fingerprint density at radius 1 is 1.40 bits per heavy atom. The van der Waals surface area contributed by atoms with Crippen LogP contribution in [0.2, 0.25) is 0 Å². The van der Waals surface area contributed by atoms with Gasteiger partial charge in [-0.25, -0.2) is 4.39 Å². The third-order valence-corrected chi connectivity index (χ3v) is 2.08. The van der Waals surface area contributed by atoms with E-state index < -0.39 is 0 Å². The summed E-state index contributed by atoms with van der Waals surface area (Å²) in [6.07, 6.45) is 1.83. The molecule has 1 nitrogen and oxygen atoms in total. The zero-order chi connectivity index (χ0) is 7.56. The average molecular weight is 143 g/mol. The number of allylic oxidation sites excluding steroid dienone is 1. The van der Waals surface area contributed by atoms with Crippen LogP contribution in [0, 0.1) is 0 Å². The van der Waals surface area contributed by atoms with Gasteiger partial charge in [0.1, 0.15) is 0 Å². The third-order valence-electron chi connectivity index (χ3n) is 2.08. The maximum absolute atomic E-state index is 12.6. The zero-order valence-electron chi connectivity index (χ0n) is 6.65. The van der Waals surface area contributed by atoms with Gasteiger partial charge in [0.25, 0.3) is 0 Å². The molecule has 0 unspecified atom stereocenters. The molecule has 1 heterocycles. The molecule has 1 rings (SSSR count). The van der Waals surface area contributed by atoms with Crippen LogP contribution < -0.4 is 0 Å². The maximum Gasteiger partial charge on any atom is 0.0961 e. The first-order valence-electron chi connectivity index (χ1n) is 3.73. The number of hydrogen-bond donors (Lipinski definition) is 0. The summed E-state index contributed by atoms with van der Waals surface area (Å²) in [6, 6.07) is 0. The molecule has 0 N–H and O–H groups in total. The fourth-order valence-electron chi connectivity index (χ4n) is 1.23. The number of nitrogens with zero attached hydrogens (tertiary/aromatic N) is 1. The van der Waals surface area contributed by atoms with Crippen molar-refractivity contribution in [3.05, 3.63) is 11.4 Å². The fourth-order valence-corrected chi connectivity index (χ4v) is 1.23. The Balaban J connectivity index is 2.48. The summed E-state index contributed by atoms with van der Waals surface area (Å²) in [6.45, 7) is 3.58. The summed E-state index contributed by atoms with van der Waals surface area (Å²) in [7, 11) is 2.07. The molecule has 0 aromatic rings. The minimum atomic E-state index is 0.0353. The summed E-state index contributed by atoms with van der Waals surface area (Å²) < 4.78 is 12.6. The SMILES string of the molecule is CC(F)=C1CCN(C)CC1. The zero-order valence-corrected chi connectivity index (χ0v) is 6.65. The molecule has 0 aromatic heterocycles. The predicted octanol–water partition coefficient (Wildman–Crippen LogP) is 1.96. The van der Waals surface area contributed by atoms with E-state index in [2.05, 4.69) is 11.9 Å². The van der Waals surface area contributed by atoms with E-state index in [4.69, 9.17) is 0 Å². The number of hydrogen-bond acceptors (Lipinski definition) is 1. The normalized spacial score (nSPS) is 21.3. The van der Waals surface area contributed by atoms with E-state index in [0.717, 1.165) is 31.5 Å². The van der Waals surface area contributed by atoms with Crippen molar-refractivity contribution in [1.29, 1.82) is 0 Å². The van der Waals surface area contributed by atoms with Gasteiger partial charge in [0.15, 0.2) is 0 Å². The fraction of sp³-hybridized carbons (Fsp3) is 0.750. The standard InChI is InChI=1S/C8H14FN/c1-7(9)8-3-5-10(2)6-4-8/h3-6H2,1-2H3. The van der Waals surface area contributed by atoms with Gasteiger partial charge in [0, 0.05) is 13.1 Å². The lowest BCUT2D eigenvalue weighted by Crippen LogP contribution is -2.26. The Morgan fingerprint density at radius 3 is 2.30 bits per heavy atom. The van der Waals surface area contributed by atoms with E-state index in [0.29, 0.717) is 0 Å². The van der Waals surface area contributed by atoms with E-state index in [9.17, 15) is 4.39 Å². The van der Waals surface area contributed by atoms with Crippen LogP contribution in [0.3, 0.4) is 0 Å². The molecule has 1 fully saturated rings. The van der Waals surface area contributed by atoms with Crippen LogP contribution >= 0.6 is 0 Å². The Morgan fingerprint density at radius 2 is 1.90 bits per heavy atom. The van der Waals surface area contributed by atoms with Crippen molar-refractivity contribution >= 4 is 0 Å². The van der Waals surface area contributed by atoms with Crippen LogP contribution in [0.4, 0.5) is 4.39 Å². The van der Waals surface area contributed by atoms with E-state index in [1.165, 1.54) is 0 Å². The quantitative estimate of drug-likeness (QED) is 0.501. The number of rotatable bonds is 0. The lowest BCUT2D eigenvalue weighted by Gasteiger charge is -2.23. The molecule has 2 heteroatoms. The second-order valence-electron chi connectivity index (χ2n) is 2.94. The van der Waals surface area contributed by atoms with E-state index >= 15 is 0 Å². The maximum atomic E-state index is 12.6. The van der Waals surface area contributed by atoms with E-state index in [1.807, 2.05) is 0 Å². The molecule has 0 radical (unpaired) electrons. The summed E-state index contributed by atoms with van der Waals surface area (Å²) in [4.78, 5) is 2.23. The molecular weight excluding hydrogens is 129 g/mol. The molecule has 0 atom stereocenters. The van der Waals surface area contributed by atoms with Crippen molar-refractivity contribution in [2.75, 3.05) is 20.1 Å². The molecule has 0 spiro atoms. The van der Waals surface area contributed by atoms with Crippen molar-refractivity contribution < 1.29 is 4.39 Å². The Kier molecular flexibility index (Phi) is 2.44. The van der Waals surface area contributed by atoms with Crippen molar-refractivity contribution in [2.45, 2.75) is 19.8 Å². The summed E-state index contributed by atoms with van der Waals surface area (Å²) in [5, 5.41) is 0. The molecule has 0 aliphatic carbocycles. The predicted molar refractivity (Wildman–Crippen MR) is 40.5 cm³/mol. The number of piperidine rings is 1. The molecule has 10 heavy (non-hydrogen) atoms. The topological polar surface area (TPSA) is 3.24 Å². The van der Waals surface area contributed by atoms with Gasteiger partial charge in [0.2, 0.25) is 0 Å². The van der Waals surface area contributed by atoms with Gasteiger partial charge >= 0.3 is 0 Å². The Hall–Kier alpha value is -0.370. The van der Waals surface area contributed by atoms with Gasteiger partial charge < -0.3 is 4.90 Å². The molecule has 0 amide bonds. The second-order valence-corrected chi connectivity index (χ2v) is 2.94. The molecule has 0 bridgehead atoms. The van der Waals surface area contributed by atoms with Crippen molar-refractivity contribution in [3.8, 4) is 0 Å². The third kappa shape index (κ3) is 1.81. The molecule has 0 aromatic carbocycles. The highest BCUT2D eigenvalue weighted by Crippen LogP contribution is 2.18. The van der Waals surface area contributed by atoms with Crippen molar-refractivity contribution in [2.24, 2.45) is 0 Å². The smallest absolute Gasteiger partial charge is 0.0961 e. The van der Waals surface area contributed by atoms with E-state index in [1.54, 1.807) is 6.92 Å². The van der Waals surface area contributed by atoms with Crippen LogP contribution in [-0.2, 0) is 0 Å². The second kappa shape index (κ2) is 3.15. The van der Waals surface area contributed by atoms with Gasteiger partial charge in [-0.05, 0) is 32.4 Å². The Bertz CT molecular complexity index is 137. The van der Waals surface area contributed by atoms with Crippen molar-refractivity contribution in [1.82, 2.24) is 4.90 Å². The van der Waals surface area contributed by atoms with Gasteiger partial charge in [-0.3, -0.25) is 0 Å². The summed E-state index contributed by atoms with van der Waals surface area (Å²) in [5.41, 5.74) is 1.01. The van der Waals surface area contributed by atoms with Gasteiger partial charge in [-0.2, -0.15) is 0 Å². The van der Waals surface area contributed by atoms with Crippen LogP contribution in [0.25, 0.3) is 0 Å². The minimum absolute atomic E-state index is 0.0353. The largest absolute Gasteiger partial charge is 0.306 e. The minimum Gasteiger partial charge on any atom is -0.306 e. The molecule has 58 valence electrons. The first-order valence-corrected chi connectivity index (χ1v) is 3.73. The number of likely N-dealkylation sites (tertiary alicyclic amines) is 1.